The molecule has 2 amide bonds. The minimum Gasteiger partial charge on any atom is -0.325 e. The van der Waals surface area contributed by atoms with Gasteiger partial charge in [0.05, 0.1) is 11.3 Å². The van der Waals surface area contributed by atoms with Crippen LogP contribution in [0.3, 0.4) is 0 Å². The standard InChI is InChI=1S/C27H23BrF3N3O2S/c28-20-11-5-13-22(16-20)32-25(36)23-17-24(35)34(14-6-9-18-7-2-1-3-8-18)26(37-23)33-21-12-4-10-19(15-21)27(29,30)31/h1-5,7-8,10-13,15-16,23H,6,9,14,17H2,(H,32,36). The second-order valence-corrected chi connectivity index (χ2v) is 10.5. The summed E-state index contributed by atoms with van der Waals surface area (Å²) in [4.78, 5) is 32.0. The van der Waals surface area contributed by atoms with Gasteiger partial charge in [-0.1, -0.05) is 70.2 Å². The lowest BCUT2D eigenvalue weighted by molar-refractivity contribution is -0.137. The molecule has 1 heterocycles. The molecule has 0 bridgehead atoms. The first-order valence-corrected chi connectivity index (χ1v) is 13.2. The molecule has 10 heteroatoms. The molecule has 0 aromatic heterocycles. The fraction of sp³-hybridized carbons (Fsp3) is 0.222. The zero-order valence-electron chi connectivity index (χ0n) is 19.5. The summed E-state index contributed by atoms with van der Waals surface area (Å²) in [6, 6.07) is 21.5. The van der Waals surface area contributed by atoms with Gasteiger partial charge in [0.15, 0.2) is 5.17 Å². The third-order valence-electron chi connectivity index (χ3n) is 5.61. The number of hydrogen-bond donors (Lipinski definition) is 1. The summed E-state index contributed by atoms with van der Waals surface area (Å²) >= 11 is 4.44. The fourth-order valence-corrected chi connectivity index (χ4v) is 5.32. The molecule has 0 saturated carbocycles. The number of nitrogens with one attached hydrogen (secondary N) is 1. The van der Waals surface area contributed by atoms with Crippen molar-refractivity contribution in [2.24, 2.45) is 4.99 Å². The number of nitrogens with zero attached hydrogens (tertiary/aromatic N) is 2. The molecule has 5 nitrogen and oxygen atoms in total. The number of carbonyl (C=O) groups excluding carboxylic acids is 2. The van der Waals surface area contributed by atoms with Gasteiger partial charge in [-0.2, -0.15) is 13.2 Å². The van der Waals surface area contributed by atoms with Gasteiger partial charge in [0.2, 0.25) is 11.8 Å². The van der Waals surface area contributed by atoms with Gasteiger partial charge in [-0.3, -0.25) is 14.5 Å². The topological polar surface area (TPSA) is 61.8 Å². The van der Waals surface area contributed by atoms with Crippen molar-refractivity contribution in [3.63, 3.8) is 0 Å². The fourth-order valence-electron chi connectivity index (χ4n) is 3.80. The van der Waals surface area contributed by atoms with Crippen LogP contribution in [0.25, 0.3) is 0 Å². The molecule has 3 aromatic carbocycles. The number of amidine groups is 1. The molecule has 4 rings (SSSR count). The maximum atomic E-state index is 13.2. The monoisotopic (exact) mass is 589 g/mol. The van der Waals surface area contributed by atoms with E-state index in [-0.39, 0.29) is 29.1 Å². The number of carbonyl (C=O) groups is 2. The van der Waals surface area contributed by atoms with E-state index >= 15 is 0 Å². The molecule has 1 fully saturated rings. The molecule has 0 aliphatic carbocycles. The Morgan fingerprint density at radius 2 is 1.81 bits per heavy atom. The van der Waals surface area contributed by atoms with Crippen molar-refractivity contribution in [1.82, 2.24) is 4.90 Å². The van der Waals surface area contributed by atoms with Crippen LogP contribution in [0.5, 0.6) is 0 Å². The van der Waals surface area contributed by atoms with Crippen molar-refractivity contribution in [2.45, 2.75) is 30.7 Å². The second-order valence-electron chi connectivity index (χ2n) is 8.39. The van der Waals surface area contributed by atoms with Crippen LogP contribution in [0.1, 0.15) is 24.0 Å². The Morgan fingerprint density at radius 3 is 2.54 bits per heavy atom. The third-order valence-corrected chi connectivity index (χ3v) is 7.29. The van der Waals surface area contributed by atoms with Crippen LogP contribution < -0.4 is 5.32 Å². The molecule has 1 aliphatic rings. The number of alkyl halides is 3. The van der Waals surface area contributed by atoms with E-state index in [2.05, 4.69) is 26.2 Å². The number of halogens is 4. The molecule has 192 valence electrons. The molecule has 0 radical (unpaired) electrons. The Bertz CT molecular complexity index is 1300. The number of thioether (sulfide) groups is 1. The van der Waals surface area contributed by atoms with Crippen molar-refractivity contribution in [2.75, 3.05) is 11.9 Å². The number of hydrogen-bond acceptors (Lipinski definition) is 4. The normalized spacial score (nSPS) is 17.2. The van der Waals surface area contributed by atoms with Crippen LogP contribution in [0.4, 0.5) is 24.5 Å². The molecule has 1 aliphatic heterocycles. The summed E-state index contributed by atoms with van der Waals surface area (Å²) < 4.78 is 40.5. The Kier molecular flexibility index (Phi) is 8.71. The SMILES string of the molecule is O=C(Nc1cccc(Br)c1)C1CC(=O)N(CCCc2ccccc2)C(=Nc2cccc(C(F)(F)F)c2)S1. The smallest absolute Gasteiger partial charge is 0.325 e. The van der Waals surface area contributed by atoms with Gasteiger partial charge in [-0.25, -0.2) is 4.99 Å². The molecular weight excluding hydrogens is 567 g/mol. The number of aryl methyl sites for hydroxylation is 1. The van der Waals surface area contributed by atoms with Gasteiger partial charge in [-0.05, 0) is 54.8 Å². The first-order valence-electron chi connectivity index (χ1n) is 11.5. The maximum absolute atomic E-state index is 13.2. The minimum absolute atomic E-state index is 0.0442. The lowest BCUT2D eigenvalue weighted by Crippen LogP contribution is -2.45. The summed E-state index contributed by atoms with van der Waals surface area (Å²) in [5.41, 5.74) is 0.906. The number of anilines is 1. The van der Waals surface area contributed by atoms with E-state index in [1.54, 1.807) is 18.2 Å². The Labute approximate surface area is 225 Å². The predicted octanol–water partition coefficient (Wildman–Crippen LogP) is 7.06. The second kappa shape index (κ2) is 12.0. The Balaban J connectivity index is 1.56. The summed E-state index contributed by atoms with van der Waals surface area (Å²) in [6.07, 6.45) is -3.21. The largest absolute Gasteiger partial charge is 0.416 e. The molecule has 1 N–H and O–H groups in total. The van der Waals surface area contributed by atoms with Crippen LogP contribution in [0, 0.1) is 0 Å². The summed E-state index contributed by atoms with van der Waals surface area (Å²) in [5, 5.41) is 2.23. The van der Waals surface area contributed by atoms with Gasteiger partial charge in [0.1, 0.15) is 5.25 Å². The summed E-state index contributed by atoms with van der Waals surface area (Å²) in [6.45, 7) is 0.332. The minimum atomic E-state index is -4.52. The van der Waals surface area contributed by atoms with E-state index in [1.165, 1.54) is 17.0 Å². The van der Waals surface area contributed by atoms with Gasteiger partial charge in [0, 0.05) is 23.1 Å². The van der Waals surface area contributed by atoms with E-state index in [1.807, 2.05) is 36.4 Å². The van der Waals surface area contributed by atoms with E-state index < -0.39 is 17.0 Å². The number of rotatable bonds is 7. The molecule has 1 unspecified atom stereocenters. The van der Waals surface area contributed by atoms with Crippen LogP contribution in [0.15, 0.2) is 88.3 Å². The summed E-state index contributed by atoms with van der Waals surface area (Å²) in [7, 11) is 0. The predicted molar refractivity (Wildman–Crippen MR) is 144 cm³/mol. The van der Waals surface area contributed by atoms with E-state index in [0.29, 0.717) is 18.7 Å². The van der Waals surface area contributed by atoms with Crippen molar-refractivity contribution >= 4 is 56.0 Å². The molecule has 1 atom stereocenters. The highest BCUT2D eigenvalue weighted by Crippen LogP contribution is 2.34. The van der Waals surface area contributed by atoms with Gasteiger partial charge >= 0.3 is 6.18 Å². The number of benzene rings is 3. The number of amides is 2. The van der Waals surface area contributed by atoms with Gasteiger partial charge in [0.25, 0.3) is 0 Å². The zero-order chi connectivity index (χ0) is 26.4. The van der Waals surface area contributed by atoms with Gasteiger partial charge in [-0.15, -0.1) is 0 Å². The highest BCUT2D eigenvalue weighted by Gasteiger charge is 2.36. The van der Waals surface area contributed by atoms with E-state index in [0.717, 1.165) is 40.4 Å². The van der Waals surface area contributed by atoms with Gasteiger partial charge < -0.3 is 5.32 Å². The Hall–Kier alpha value is -3.11. The average molecular weight is 590 g/mol. The van der Waals surface area contributed by atoms with Crippen LogP contribution >= 0.6 is 27.7 Å². The molecule has 3 aromatic rings. The molecule has 0 spiro atoms. The van der Waals surface area contributed by atoms with Crippen molar-refractivity contribution in [3.8, 4) is 0 Å². The number of aliphatic imine (C=N–C) groups is 1. The first-order chi connectivity index (χ1) is 17.7. The van der Waals surface area contributed by atoms with Crippen LogP contribution in [0.2, 0.25) is 0 Å². The lowest BCUT2D eigenvalue weighted by atomic mass is 10.1. The van der Waals surface area contributed by atoms with E-state index in [4.69, 9.17) is 0 Å². The average Bonchev–Trinajstić information content (AvgIpc) is 2.86. The van der Waals surface area contributed by atoms with Crippen molar-refractivity contribution < 1.29 is 22.8 Å². The van der Waals surface area contributed by atoms with Crippen molar-refractivity contribution in [1.29, 1.82) is 0 Å². The highest BCUT2D eigenvalue weighted by molar-refractivity contribution is 9.10. The van der Waals surface area contributed by atoms with E-state index in [9.17, 15) is 22.8 Å². The lowest BCUT2D eigenvalue weighted by Gasteiger charge is -2.32. The molecule has 37 heavy (non-hydrogen) atoms. The molecular formula is C27H23BrF3N3O2S. The van der Waals surface area contributed by atoms with Crippen molar-refractivity contribution in [3.05, 3.63) is 94.5 Å². The highest BCUT2D eigenvalue weighted by atomic mass is 79.9. The maximum Gasteiger partial charge on any atom is 0.416 e. The first kappa shape index (κ1) is 26.9. The Morgan fingerprint density at radius 1 is 1.05 bits per heavy atom. The van der Waals surface area contributed by atoms with Crippen LogP contribution in [-0.2, 0) is 22.2 Å². The quantitative estimate of drug-likeness (QED) is 0.321. The third kappa shape index (κ3) is 7.45. The molecule has 1 saturated heterocycles. The zero-order valence-corrected chi connectivity index (χ0v) is 21.9. The van der Waals surface area contributed by atoms with Crippen LogP contribution in [-0.4, -0.2) is 33.7 Å². The summed E-state index contributed by atoms with van der Waals surface area (Å²) in [5.74, 6) is -0.677.